The van der Waals surface area contributed by atoms with Gasteiger partial charge in [-0.2, -0.15) is 4.98 Å². The number of ether oxygens (including phenoxy) is 1. The Bertz CT molecular complexity index is 688. The van der Waals surface area contributed by atoms with Gasteiger partial charge < -0.3 is 16.2 Å². The predicted octanol–water partition coefficient (Wildman–Crippen LogP) is 2.32. The highest BCUT2D eigenvalue weighted by molar-refractivity contribution is 5.58. The summed E-state index contributed by atoms with van der Waals surface area (Å²) >= 11 is 0. The van der Waals surface area contributed by atoms with Crippen LogP contribution in [0.4, 0.5) is 17.5 Å². The summed E-state index contributed by atoms with van der Waals surface area (Å²) in [6.45, 7) is 2.76. The van der Waals surface area contributed by atoms with E-state index in [0.717, 1.165) is 24.2 Å². The van der Waals surface area contributed by atoms with Crippen LogP contribution in [0.25, 0.3) is 0 Å². The molecule has 122 valence electrons. The van der Waals surface area contributed by atoms with Crippen molar-refractivity contribution in [3.8, 4) is 5.75 Å². The minimum Gasteiger partial charge on any atom is -0.494 e. The zero-order chi connectivity index (χ0) is 16.8. The van der Waals surface area contributed by atoms with Gasteiger partial charge in [-0.25, -0.2) is 4.98 Å². The Balaban J connectivity index is 2.17. The molecule has 0 saturated carbocycles. The predicted molar refractivity (Wildman–Crippen MR) is 87.2 cm³/mol. The van der Waals surface area contributed by atoms with Crippen molar-refractivity contribution in [2.75, 3.05) is 18.1 Å². The summed E-state index contributed by atoms with van der Waals surface area (Å²) in [6.07, 6.45) is 2.30. The summed E-state index contributed by atoms with van der Waals surface area (Å²) in [5.74, 6) is 0.457. The Hall–Kier alpha value is -2.90. The van der Waals surface area contributed by atoms with Crippen molar-refractivity contribution in [2.24, 2.45) is 0 Å². The Morgan fingerprint density at radius 3 is 2.52 bits per heavy atom. The number of nitrogen functional groups attached to an aromatic ring is 2. The average molecular weight is 317 g/mol. The van der Waals surface area contributed by atoms with Gasteiger partial charge in [0.2, 0.25) is 11.8 Å². The van der Waals surface area contributed by atoms with Crippen molar-refractivity contribution >= 4 is 17.5 Å². The van der Waals surface area contributed by atoms with E-state index in [4.69, 9.17) is 16.2 Å². The lowest BCUT2D eigenvalue weighted by Gasteiger charge is -2.08. The first-order valence-corrected chi connectivity index (χ1v) is 7.29. The molecule has 0 amide bonds. The highest BCUT2D eigenvalue weighted by atomic mass is 16.6. The molecule has 1 aromatic heterocycles. The van der Waals surface area contributed by atoms with Gasteiger partial charge in [-0.15, -0.1) is 0 Å². The third-order valence-corrected chi connectivity index (χ3v) is 3.24. The standard InChI is InChI=1S/C15H19N5O3/c1-2-3-8-23-11-6-4-10(5-7-11)9-12-13(20(21)22)14(16)19-15(17)18-12/h4-7H,2-3,8-9H2,1H3,(H4,16,17,18,19). The van der Waals surface area contributed by atoms with E-state index in [1.54, 1.807) is 0 Å². The number of unbranched alkanes of at least 4 members (excludes halogenated alkanes) is 1. The molecule has 0 saturated heterocycles. The fourth-order valence-electron chi connectivity index (χ4n) is 2.09. The van der Waals surface area contributed by atoms with Crippen molar-refractivity contribution in [3.63, 3.8) is 0 Å². The Morgan fingerprint density at radius 1 is 1.22 bits per heavy atom. The largest absolute Gasteiger partial charge is 0.494 e. The number of aromatic nitrogens is 2. The molecule has 1 aromatic carbocycles. The second-order valence-corrected chi connectivity index (χ2v) is 5.04. The number of rotatable bonds is 7. The Labute approximate surface area is 133 Å². The molecule has 2 aromatic rings. The second kappa shape index (κ2) is 7.39. The summed E-state index contributed by atoms with van der Waals surface area (Å²) in [7, 11) is 0. The molecular weight excluding hydrogens is 298 g/mol. The molecule has 1 heterocycles. The van der Waals surface area contributed by atoms with Crippen LogP contribution in [0.1, 0.15) is 31.0 Å². The lowest BCUT2D eigenvalue weighted by molar-refractivity contribution is -0.385. The van der Waals surface area contributed by atoms with Crippen LogP contribution < -0.4 is 16.2 Å². The molecule has 8 nitrogen and oxygen atoms in total. The quantitative estimate of drug-likeness (QED) is 0.455. The maximum Gasteiger partial charge on any atom is 0.332 e. The number of benzene rings is 1. The van der Waals surface area contributed by atoms with Crippen molar-refractivity contribution < 1.29 is 9.66 Å². The first kappa shape index (κ1) is 16.5. The van der Waals surface area contributed by atoms with E-state index >= 15 is 0 Å². The minimum atomic E-state index is -0.591. The zero-order valence-corrected chi connectivity index (χ0v) is 12.9. The van der Waals surface area contributed by atoms with E-state index in [1.165, 1.54) is 0 Å². The molecule has 0 radical (unpaired) electrons. The second-order valence-electron chi connectivity index (χ2n) is 5.04. The number of nitrogens with two attached hydrogens (primary N) is 2. The van der Waals surface area contributed by atoms with Crippen LogP contribution in [0.5, 0.6) is 5.75 Å². The van der Waals surface area contributed by atoms with Crippen LogP contribution in [0.3, 0.4) is 0 Å². The lowest BCUT2D eigenvalue weighted by atomic mass is 10.1. The first-order valence-electron chi connectivity index (χ1n) is 7.29. The van der Waals surface area contributed by atoms with E-state index in [2.05, 4.69) is 16.9 Å². The molecular formula is C15H19N5O3. The normalized spacial score (nSPS) is 10.5. The molecule has 0 atom stereocenters. The highest BCUT2D eigenvalue weighted by Crippen LogP contribution is 2.26. The summed E-state index contributed by atoms with van der Waals surface area (Å²) in [5.41, 5.74) is 11.8. The molecule has 0 aliphatic rings. The van der Waals surface area contributed by atoms with Gasteiger partial charge in [0.05, 0.1) is 11.5 Å². The van der Waals surface area contributed by atoms with Crippen LogP contribution in [-0.2, 0) is 6.42 Å². The van der Waals surface area contributed by atoms with Crippen LogP contribution in [0, 0.1) is 10.1 Å². The smallest absolute Gasteiger partial charge is 0.332 e. The number of anilines is 2. The molecule has 0 spiro atoms. The van der Waals surface area contributed by atoms with E-state index in [1.807, 2.05) is 24.3 Å². The molecule has 0 fully saturated rings. The van der Waals surface area contributed by atoms with E-state index in [0.29, 0.717) is 6.61 Å². The molecule has 8 heteroatoms. The third-order valence-electron chi connectivity index (χ3n) is 3.24. The maximum atomic E-state index is 11.1. The van der Waals surface area contributed by atoms with Gasteiger partial charge in [-0.3, -0.25) is 10.1 Å². The topological polar surface area (TPSA) is 130 Å². The van der Waals surface area contributed by atoms with Crippen molar-refractivity contribution in [1.29, 1.82) is 0 Å². The number of hydrogen-bond acceptors (Lipinski definition) is 7. The minimum absolute atomic E-state index is 0.0809. The lowest BCUT2D eigenvalue weighted by Crippen LogP contribution is -2.09. The van der Waals surface area contributed by atoms with Crippen molar-refractivity contribution in [3.05, 3.63) is 45.6 Å². The molecule has 0 aliphatic heterocycles. The molecule has 0 bridgehead atoms. The average Bonchev–Trinajstić information content (AvgIpc) is 2.48. The van der Waals surface area contributed by atoms with E-state index in [9.17, 15) is 10.1 Å². The molecule has 23 heavy (non-hydrogen) atoms. The highest BCUT2D eigenvalue weighted by Gasteiger charge is 2.22. The van der Waals surface area contributed by atoms with Gasteiger partial charge in [-0.05, 0) is 24.1 Å². The van der Waals surface area contributed by atoms with Gasteiger partial charge in [0, 0.05) is 6.42 Å². The van der Waals surface area contributed by atoms with Crippen molar-refractivity contribution in [1.82, 2.24) is 9.97 Å². The fourth-order valence-corrected chi connectivity index (χ4v) is 2.09. The fraction of sp³-hybridized carbons (Fsp3) is 0.333. The number of nitro groups is 1. The maximum absolute atomic E-state index is 11.1. The zero-order valence-electron chi connectivity index (χ0n) is 12.9. The summed E-state index contributed by atoms with van der Waals surface area (Å²) in [5, 5.41) is 11.1. The van der Waals surface area contributed by atoms with Gasteiger partial charge >= 0.3 is 5.69 Å². The van der Waals surface area contributed by atoms with Crippen LogP contribution in [0.15, 0.2) is 24.3 Å². The molecule has 4 N–H and O–H groups in total. The summed E-state index contributed by atoms with van der Waals surface area (Å²) < 4.78 is 5.58. The Kier molecular flexibility index (Phi) is 5.29. The van der Waals surface area contributed by atoms with Gasteiger partial charge in [-0.1, -0.05) is 25.5 Å². The SMILES string of the molecule is CCCCOc1ccc(Cc2nc(N)nc(N)c2[N+](=O)[O-])cc1. The number of nitrogens with zero attached hydrogens (tertiary/aromatic N) is 3. The molecule has 0 unspecified atom stereocenters. The van der Waals surface area contributed by atoms with Gasteiger partial charge in [0.1, 0.15) is 11.4 Å². The van der Waals surface area contributed by atoms with Gasteiger partial charge in [0.25, 0.3) is 0 Å². The monoisotopic (exact) mass is 317 g/mol. The molecule has 0 aliphatic carbocycles. The van der Waals surface area contributed by atoms with E-state index < -0.39 is 4.92 Å². The summed E-state index contributed by atoms with van der Waals surface area (Å²) in [4.78, 5) is 18.1. The Morgan fingerprint density at radius 2 is 1.91 bits per heavy atom. The third kappa shape index (κ3) is 4.29. The summed E-state index contributed by atoms with van der Waals surface area (Å²) in [6, 6.07) is 7.31. The van der Waals surface area contributed by atoms with Crippen LogP contribution in [-0.4, -0.2) is 21.5 Å². The molecule has 2 rings (SSSR count). The number of hydrogen-bond donors (Lipinski definition) is 2. The van der Waals surface area contributed by atoms with Crippen LogP contribution in [0.2, 0.25) is 0 Å². The van der Waals surface area contributed by atoms with Gasteiger partial charge in [0.15, 0.2) is 0 Å². The van der Waals surface area contributed by atoms with Crippen molar-refractivity contribution in [2.45, 2.75) is 26.2 Å². The van der Waals surface area contributed by atoms with E-state index in [-0.39, 0.29) is 29.6 Å². The first-order chi connectivity index (χ1) is 11.0. The van der Waals surface area contributed by atoms with Crippen LogP contribution >= 0.6 is 0 Å².